The van der Waals surface area contributed by atoms with Crippen molar-refractivity contribution in [1.29, 1.82) is 0 Å². The number of hydrogen-bond acceptors (Lipinski definition) is 6. The van der Waals surface area contributed by atoms with Crippen LogP contribution in [0.1, 0.15) is 42.9 Å². The van der Waals surface area contributed by atoms with Gasteiger partial charge in [0.1, 0.15) is 5.75 Å². The minimum atomic E-state index is -0.277. The molecule has 6 heteroatoms. The van der Waals surface area contributed by atoms with Gasteiger partial charge in [-0.3, -0.25) is 4.79 Å². The zero-order valence-corrected chi connectivity index (χ0v) is 20.3. The lowest BCUT2D eigenvalue weighted by Gasteiger charge is -2.30. The van der Waals surface area contributed by atoms with E-state index in [9.17, 15) is 4.79 Å². The molecule has 0 bridgehead atoms. The first-order valence-corrected chi connectivity index (χ1v) is 11.9. The van der Waals surface area contributed by atoms with Crippen molar-refractivity contribution in [2.45, 2.75) is 31.7 Å². The van der Waals surface area contributed by atoms with Crippen LogP contribution in [0, 0.1) is 0 Å². The SMILES string of the molecule is CCOc1cccc([C@@H]2Nc3ccccc3NC3=C2C(=O)C[C@H](c2ccc(OC)c(OC)c2)C3)c1. The monoisotopic (exact) mass is 470 g/mol. The third kappa shape index (κ3) is 4.44. The number of nitrogens with one attached hydrogen (secondary N) is 2. The Bertz CT molecular complexity index is 1280. The van der Waals surface area contributed by atoms with Crippen LogP contribution in [0.25, 0.3) is 0 Å². The average molecular weight is 471 g/mol. The van der Waals surface area contributed by atoms with Crippen LogP contribution in [0.15, 0.2) is 78.0 Å². The number of benzene rings is 3. The van der Waals surface area contributed by atoms with Crippen LogP contribution in [-0.4, -0.2) is 26.6 Å². The maximum atomic E-state index is 13.8. The van der Waals surface area contributed by atoms with Gasteiger partial charge in [0.05, 0.1) is 38.2 Å². The predicted molar refractivity (Wildman–Crippen MR) is 138 cm³/mol. The summed E-state index contributed by atoms with van der Waals surface area (Å²) in [5, 5.41) is 7.22. The van der Waals surface area contributed by atoms with E-state index in [0.717, 1.165) is 39.5 Å². The van der Waals surface area contributed by atoms with E-state index < -0.39 is 0 Å². The smallest absolute Gasteiger partial charge is 0.163 e. The number of ether oxygens (including phenoxy) is 3. The molecule has 180 valence electrons. The average Bonchev–Trinajstić information content (AvgIpc) is 3.05. The van der Waals surface area contributed by atoms with Crippen molar-refractivity contribution in [1.82, 2.24) is 0 Å². The number of Topliss-reactive ketones (excluding diaryl/α,β-unsaturated/α-hetero) is 1. The molecule has 2 N–H and O–H groups in total. The largest absolute Gasteiger partial charge is 0.494 e. The lowest BCUT2D eigenvalue weighted by molar-refractivity contribution is -0.116. The van der Waals surface area contributed by atoms with Gasteiger partial charge in [-0.1, -0.05) is 30.3 Å². The molecule has 0 amide bonds. The number of carbonyl (C=O) groups is 1. The highest BCUT2D eigenvalue weighted by Gasteiger charge is 2.36. The predicted octanol–water partition coefficient (Wildman–Crippen LogP) is 6.08. The van der Waals surface area contributed by atoms with E-state index in [-0.39, 0.29) is 17.7 Å². The fourth-order valence-corrected chi connectivity index (χ4v) is 5.04. The Morgan fingerprint density at radius 2 is 1.66 bits per heavy atom. The van der Waals surface area contributed by atoms with E-state index in [1.165, 1.54) is 0 Å². The van der Waals surface area contributed by atoms with Crippen LogP contribution >= 0.6 is 0 Å². The highest BCUT2D eigenvalue weighted by molar-refractivity contribution is 6.01. The number of hydrogen-bond donors (Lipinski definition) is 2. The number of rotatable bonds is 6. The molecule has 1 aliphatic carbocycles. The van der Waals surface area contributed by atoms with Gasteiger partial charge in [0.15, 0.2) is 17.3 Å². The fraction of sp³-hybridized carbons (Fsp3) is 0.276. The molecule has 0 saturated carbocycles. The van der Waals surface area contributed by atoms with Gasteiger partial charge >= 0.3 is 0 Å². The van der Waals surface area contributed by atoms with Gasteiger partial charge in [0, 0.05) is 17.7 Å². The van der Waals surface area contributed by atoms with Gasteiger partial charge in [-0.25, -0.2) is 0 Å². The molecule has 0 fully saturated rings. The topological polar surface area (TPSA) is 68.8 Å². The second-order valence-electron chi connectivity index (χ2n) is 8.79. The van der Waals surface area contributed by atoms with Crippen LogP contribution in [0.4, 0.5) is 11.4 Å². The summed E-state index contributed by atoms with van der Waals surface area (Å²) in [5.74, 6) is 2.31. The molecule has 0 unspecified atom stereocenters. The maximum absolute atomic E-state index is 13.8. The number of fused-ring (bicyclic) bond motifs is 1. The van der Waals surface area contributed by atoms with Crippen LogP contribution in [0.5, 0.6) is 17.2 Å². The molecule has 0 aromatic heterocycles. The first-order chi connectivity index (χ1) is 17.1. The number of ketones is 1. The molecule has 35 heavy (non-hydrogen) atoms. The third-order valence-electron chi connectivity index (χ3n) is 6.69. The molecule has 0 radical (unpaired) electrons. The summed E-state index contributed by atoms with van der Waals surface area (Å²) >= 11 is 0. The molecule has 2 aliphatic rings. The second kappa shape index (κ2) is 9.74. The van der Waals surface area contributed by atoms with Gasteiger partial charge in [0.2, 0.25) is 0 Å². The molecule has 3 aromatic rings. The Hall–Kier alpha value is -3.93. The molecule has 2 atom stereocenters. The normalized spacial score (nSPS) is 19.0. The summed E-state index contributed by atoms with van der Waals surface area (Å²) in [6.07, 6.45) is 1.14. The molecule has 5 rings (SSSR count). The lowest BCUT2D eigenvalue weighted by atomic mass is 9.78. The lowest BCUT2D eigenvalue weighted by Crippen LogP contribution is -2.27. The molecule has 3 aromatic carbocycles. The van der Waals surface area contributed by atoms with Crippen LogP contribution < -0.4 is 24.8 Å². The number of para-hydroxylation sites is 2. The van der Waals surface area contributed by atoms with Crippen molar-refractivity contribution in [2.24, 2.45) is 0 Å². The highest BCUT2D eigenvalue weighted by atomic mass is 16.5. The molecular weight excluding hydrogens is 440 g/mol. The molecular formula is C29H30N2O4. The summed E-state index contributed by atoms with van der Waals surface area (Å²) in [7, 11) is 3.25. The van der Waals surface area contributed by atoms with E-state index in [0.29, 0.717) is 30.9 Å². The number of allylic oxidation sites excluding steroid dienone is 1. The van der Waals surface area contributed by atoms with Crippen LogP contribution in [0.3, 0.4) is 0 Å². The zero-order valence-electron chi connectivity index (χ0n) is 20.3. The Kier molecular flexibility index (Phi) is 6.36. The first kappa shape index (κ1) is 22.8. The third-order valence-corrected chi connectivity index (χ3v) is 6.69. The van der Waals surface area contributed by atoms with Gasteiger partial charge in [-0.05, 0) is 66.8 Å². The molecule has 6 nitrogen and oxygen atoms in total. The van der Waals surface area contributed by atoms with Crippen molar-refractivity contribution in [3.05, 3.63) is 89.1 Å². The Labute approximate surface area is 205 Å². The number of methoxy groups -OCH3 is 2. The number of anilines is 2. The first-order valence-electron chi connectivity index (χ1n) is 11.9. The van der Waals surface area contributed by atoms with Crippen molar-refractivity contribution in [2.75, 3.05) is 31.5 Å². The van der Waals surface area contributed by atoms with E-state index in [4.69, 9.17) is 14.2 Å². The summed E-state index contributed by atoms with van der Waals surface area (Å²) in [4.78, 5) is 13.8. The summed E-state index contributed by atoms with van der Waals surface area (Å²) in [6, 6.07) is 21.7. The minimum absolute atomic E-state index is 0.0363. The van der Waals surface area contributed by atoms with Crippen molar-refractivity contribution < 1.29 is 19.0 Å². The van der Waals surface area contributed by atoms with Gasteiger partial charge in [0.25, 0.3) is 0 Å². The van der Waals surface area contributed by atoms with Gasteiger partial charge in [-0.15, -0.1) is 0 Å². The van der Waals surface area contributed by atoms with Crippen LogP contribution in [0.2, 0.25) is 0 Å². The van der Waals surface area contributed by atoms with E-state index in [1.54, 1.807) is 14.2 Å². The van der Waals surface area contributed by atoms with Crippen molar-refractivity contribution in [3.63, 3.8) is 0 Å². The molecule has 1 aliphatic heterocycles. The van der Waals surface area contributed by atoms with Gasteiger partial charge in [-0.2, -0.15) is 0 Å². The second-order valence-corrected chi connectivity index (χ2v) is 8.79. The summed E-state index contributed by atoms with van der Waals surface area (Å²) in [5.41, 5.74) is 5.72. The summed E-state index contributed by atoms with van der Waals surface area (Å²) < 4.78 is 16.7. The minimum Gasteiger partial charge on any atom is -0.494 e. The number of carbonyl (C=O) groups excluding carboxylic acids is 1. The fourth-order valence-electron chi connectivity index (χ4n) is 5.04. The van der Waals surface area contributed by atoms with Crippen LogP contribution in [-0.2, 0) is 4.79 Å². The van der Waals surface area contributed by atoms with Crippen molar-refractivity contribution in [3.8, 4) is 17.2 Å². The quantitative estimate of drug-likeness (QED) is 0.455. The molecule has 0 saturated heterocycles. The van der Waals surface area contributed by atoms with E-state index in [1.807, 2.05) is 73.7 Å². The Balaban J connectivity index is 1.57. The molecule has 1 heterocycles. The highest BCUT2D eigenvalue weighted by Crippen LogP contribution is 2.45. The van der Waals surface area contributed by atoms with E-state index >= 15 is 0 Å². The Morgan fingerprint density at radius 3 is 2.43 bits per heavy atom. The standard InChI is InChI=1S/C29H30N2O4/c1-4-35-21-9-7-8-19(14-21)29-28-24(30-22-10-5-6-11-23(22)31-29)15-20(16-25(28)32)18-12-13-26(33-2)27(17-18)34-3/h5-14,17,20,29-31H,4,15-16H2,1-3H3/t20-,29+/m1/s1. The zero-order chi connectivity index (χ0) is 24.4. The van der Waals surface area contributed by atoms with Gasteiger partial charge < -0.3 is 24.8 Å². The maximum Gasteiger partial charge on any atom is 0.163 e. The Morgan fingerprint density at radius 1 is 0.857 bits per heavy atom. The van der Waals surface area contributed by atoms with Crippen molar-refractivity contribution >= 4 is 17.2 Å². The van der Waals surface area contributed by atoms with E-state index in [2.05, 4.69) is 10.6 Å². The molecule has 0 spiro atoms. The summed E-state index contributed by atoms with van der Waals surface area (Å²) in [6.45, 7) is 2.56.